The zero-order valence-electron chi connectivity index (χ0n) is 13.7. The highest BCUT2D eigenvalue weighted by Gasteiger charge is 2.12. The van der Waals surface area contributed by atoms with Crippen LogP contribution in [0.1, 0.15) is 17.2 Å². The number of aliphatic hydroxyl groups is 1. The van der Waals surface area contributed by atoms with Gasteiger partial charge in [-0.25, -0.2) is 0 Å². The molecule has 130 valence electrons. The fraction of sp³-hybridized carbons (Fsp3) is 0.333. The predicted octanol–water partition coefficient (Wildman–Crippen LogP) is 3.46. The summed E-state index contributed by atoms with van der Waals surface area (Å²) in [4.78, 5) is 1.98. The molecule has 4 nitrogen and oxygen atoms in total. The molecule has 2 aromatic carbocycles. The van der Waals surface area contributed by atoms with Crippen LogP contribution in [-0.4, -0.2) is 37.3 Å². The summed E-state index contributed by atoms with van der Waals surface area (Å²) in [7, 11) is 3.52. The Morgan fingerprint density at radius 1 is 1.00 bits per heavy atom. The van der Waals surface area contributed by atoms with Crippen LogP contribution in [0.4, 0.5) is 8.78 Å². The maximum atomic E-state index is 12.1. The van der Waals surface area contributed by atoms with Gasteiger partial charge in [0.25, 0.3) is 0 Å². The van der Waals surface area contributed by atoms with E-state index >= 15 is 0 Å². The van der Waals surface area contributed by atoms with Crippen LogP contribution in [0.3, 0.4) is 0 Å². The van der Waals surface area contributed by atoms with Gasteiger partial charge in [-0.2, -0.15) is 8.78 Å². The molecule has 24 heavy (non-hydrogen) atoms. The third-order valence-corrected chi connectivity index (χ3v) is 3.59. The lowest BCUT2D eigenvalue weighted by Gasteiger charge is -2.21. The predicted molar refractivity (Wildman–Crippen MR) is 87.4 cm³/mol. The Kier molecular flexibility index (Phi) is 6.52. The quantitative estimate of drug-likeness (QED) is 0.801. The van der Waals surface area contributed by atoms with Gasteiger partial charge in [0.05, 0.1) is 13.2 Å². The third kappa shape index (κ3) is 5.47. The van der Waals surface area contributed by atoms with Gasteiger partial charge in [0.1, 0.15) is 11.5 Å². The molecular formula is C18H21F2NO3. The molecule has 6 heteroatoms. The van der Waals surface area contributed by atoms with Crippen molar-refractivity contribution in [2.45, 2.75) is 19.3 Å². The number of nitrogens with zero attached hydrogens (tertiary/aromatic N) is 1. The molecule has 0 aliphatic heterocycles. The summed E-state index contributed by atoms with van der Waals surface area (Å²) in [6.07, 6.45) is -0.714. The van der Waals surface area contributed by atoms with Gasteiger partial charge in [-0.05, 0) is 42.4 Å². The molecule has 1 unspecified atom stereocenters. The van der Waals surface area contributed by atoms with E-state index in [-0.39, 0.29) is 5.75 Å². The van der Waals surface area contributed by atoms with Crippen LogP contribution in [0.25, 0.3) is 0 Å². The van der Waals surface area contributed by atoms with Crippen molar-refractivity contribution in [1.29, 1.82) is 0 Å². The number of rotatable bonds is 8. The molecule has 0 aromatic heterocycles. The molecule has 0 fully saturated rings. The zero-order chi connectivity index (χ0) is 17.5. The molecular weight excluding hydrogens is 316 g/mol. The van der Waals surface area contributed by atoms with Crippen LogP contribution in [0.15, 0.2) is 48.5 Å². The minimum absolute atomic E-state index is 0.0764. The highest BCUT2D eigenvalue weighted by atomic mass is 19.3. The smallest absolute Gasteiger partial charge is 0.387 e. The van der Waals surface area contributed by atoms with E-state index in [0.717, 1.165) is 11.3 Å². The minimum Gasteiger partial charge on any atom is -0.497 e. The molecule has 0 heterocycles. The van der Waals surface area contributed by atoms with Crippen LogP contribution in [-0.2, 0) is 6.54 Å². The number of benzene rings is 2. The van der Waals surface area contributed by atoms with Gasteiger partial charge in [-0.1, -0.05) is 24.3 Å². The van der Waals surface area contributed by atoms with Gasteiger partial charge in [0.2, 0.25) is 0 Å². The number of aliphatic hydroxyl groups excluding tert-OH is 1. The van der Waals surface area contributed by atoms with Crippen molar-refractivity contribution in [2.24, 2.45) is 0 Å². The first-order valence-corrected chi connectivity index (χ1v) is 7.52. The van der Waals surface area contributed by atoms with Crippen molar-refractivity contribution in [2.75, 3.05) is 20.7 Å². The Labute approximate surface area is 140 Å². The van der Waals surface area contributed by atoms with E-state index in [1.165, 1.54) is 12.1 Å². The topological polar surface area (TPSA) is 41.9 Å². The van der Waals surface area contributed by atoms with E-state index in [2.05, 4.69) is 4.74 Å². The van der Waals surface area contributed by atoms with Crippen molar-refractivity contribution in [3.63, 3.8) is 0 Å². The summed E-state index contributed by atoms with van der Waals surface area (Å²) in [5.74, 6) is 0.875. The number of hydrogen-bond acceptors (Lipinski definition) is 4. The van der Waals surface area contributed by atoms with E-state index in [1.54, 1.807) is 19.2 Å². The highest BCUT2D eigenvalue weighted by Crippen LogP contribution is 2.20. The lowest BCUT2D eigenvalue weighted by Crippen LogP contribution is -2.24. The van der Waals surface area contributed by atoms with Crippen LogP contribution in [0, 0.1) is 0 Å². The molecule has 0 aliphatic rings. The first kappa shape index (κ1) is 18.2. The Morgan fingerprint density at radius 2 is 1.58 bits per heavy atom. The fourth-order valence-electron chi connectivity index (χ4n) is 2.38. The second kappa shape index (κ2) is 8.61. The van der Waals surface area contributed by atoms with Crippen LogP contribution in [0.5, 0.6) is 11.5 Å². The lowest BCUT2D eigenvalue weighted by atomic mass is 10.1. The molecule has 0 amide bonds. The van der Waals surface area contributed by atoms with E-state index in [1.807, 2.05) is 36.2 Å². The SMILES string of the molecule is COc1ccc(CN(C)CC(O)c2ccc(OC(F)F)cc2)cc1. The van der Waals surface area contributed by atoms with Crippen LogP contribution < -0.4 is 9.47 Å². The molecule has 0 saturated carbocycles. The molecule has 0 radical (unpaired) electrons. The maximum absolute atomic E-state index is 12.1. The molecule has 1 N–H and O–H groups in total. The fourth-order valence-corrected chi connectivity index (χ4v) is 2.38. The second-order valence-electron chi connectivity index (χ2n) is 5.51. The van der Waals surface area contributed by atoms with Crippen molar-refractivity contribution in [3.05, 3.63) is 59.7 Å². The largest absolute Gasteiger partial charge is 0.497 e. The summed E-state index contributed by atoms with van der Waals surface area (Å²) in [5, 5.41) is 10.3. The van der Waals surface area contributed by atoms with Crippen molar-refractivity contribution in [3.8, 4) is 11.5 Å². The Bertz CT molecular complexity index is 617. The van der Waals surface area contributed by atoms with Crippen molar-refractivity contribution in [1.82, 2.24) is 4.90 Å². The summed E-state index contributed by atoms with van der Waals surface area (Å²) in [6.45, 7) is -1.76. The first-order chi connectivity index (χ1) is 11.5. The number of likely N-dealkylation sites (N-methyl/N-ethyl adjacent to an activating group) is 1. The van der Waals surface area contributed by atoms with Crippen LogP contribution in [0.2, 0.25) is 0 Å². The molecule has 0 spiro atoms. The average Bonchev–Trinajstić information content (AvgIpc) is 2.55. The lowest BCUT2D eigenvalue weighted by molar-refractivity contribution is -0.0498. The summed E-state index contributed by atoms with van der Waals surface area (Å²) >= 11 is 0. The molecule has 0 aliphatic carbocycles. The summed E-state index contributed by atoms with van der Waals surface area (Å²) in [6, 6.07) is 13.7. The van der Waals surface area contributed by atoms with E-state index in [4.69, 9.17) is 4.74 Å². The van der Waals surface area contributed by atoms with E-state index < -0.39 is 12.7 Å². The first-order valence-electron chi connectivity index (χ1n) is 7.52. The highest BCUT2D eigenvalue weighted by molar-refractivity contribution is 5.29. The molecule has 0 bridgehead atoms. The van der Waals surface area contributed by atoms with Gasteiger partial charge in [0, 0.05) is 13.1 Å². The summed E-state index contributed by atoms with van der Waals surface area (Å²) < 4.78 is 33.7. The van der Waals surface area contributed by atoms with E-state index in [0.29, 0.717) is 18.7 Å². The number of methoxy groups -OCH3 is 1. The Hall–Kier alpha value is -2.18. The number of halogens is 2. The normalized spacial score (nSPS) is 12.5. The summed E-state index contributed by atoms with van der Waals surface area (Å²) in [5.41, 5.74) is 1.75. The van der Waals surface area contributed by atoms with Gasteiger partial charge < -0.3 is 14.6 Å². The Balaban J connectivity index is 1.89. The molecule has 1 atom stereocenters. The maximum Gasteiger partial charge on any atom is 0.387 e. The second-order valence-corrected chi connectivity index (χ2v) is 5.51. The average molecular weight is 337 g/mol. The number of alkyl halides is 2. The van der Waals surface area contributed by atoms with E-state index in [9.17, 15) is 13.9 Å². The molecule has 0 saturated heterocycles. The standard InChI is InChI=1S/C18H21F2NO3/c1-21(11-13-3-7-15(23-2)8-4-13)12-17(22)14-5-9-16(10-6-14)24-18(19)20/h3-10,17-18,22H,11-12H2,1-2H3. The molecule has 2 aromatic rings. The van der Waals surface area contributed by atoms with Crippen molar-refractivity contribution < 1.29 is 23.4 Å². The van der Waals surface area contributed by atoms with Gasteiger partial charge >= 0.3 is 6.61 Å². The van der Waals surface area contributed by atoms with Crippen LogP contribution >= 0.6 is 0 Å². The monoisotopic (exact) mass is 337 g/mol. The number of ether oxygens (including phenoxy) is 2. The van der Waals surface area contributed by atoms with Crippen molar-refractivity contribution >= 4 is 0 Å². The van der Waals surface area contributed by atoms with Gasteiger partial charge in [-0.15, -0.1) is 0 Å². The Morgan fingerprint density at radius 3 is 2.12 bits per heavy atom. The van der Waals surface area contributed by atoms with Gasteiger partial charge in [-0.3, -0.25) is 4.90 Å². The zero-order valence-corrected chi connectivity index (χ0v) is 13.7. The third-order valence-electron chi connectivity index (χ3n) is 3.59. The van der Waals surface area contributed by atoms with Gasteiger partial charge in [0.15, 0.2) is 0 Å². The molecule has 2 rings (SSSR count). The number of hydrogen-bond donors (Lipinski definition) is 1. The minimum atomic E-state index is -2.85.